The normalized spacial score (nSPS) is 14.3. The van der Waals surface area contributed by atoms with Crippen LogP contribution in [0, 0.1) is 0 Å². The minimum absolute atomic E-state index is 0.0457. The van der Waals surface area contributed by atoms with Crippen LogP contribution in [0.1, 0.15) is 18.4 Å². The summed E-state index contributed by atoms with van der Waals surface area (Å²) < 4.78 is 0. The first-order chi connectivity index (χ1) is 17.1. The van der Waals surface area contributed by atoms with Crippen LogP contribution >= 0.6 is 12.6 Å². The van der Waals surface area contributed by atoms with E-state index in [4.69, 9.17) is 16.6 Å². The van der Waals surface area contributed by atoms with Crippen molar-refractivity contribution in [3.8, 4) is 0 Å². The third-order valence-corrected chi connectivity index (χ3v) is 5.74. The molecule has 14 heteroatoms. The van der Waals surface area contributed by atoms with E-state index in [-0.39, 0.29) is 25.0 Å². The second-order valence-electron chi connectivity index (χ2n) is 8.06. The Labute approximate surface area is 211 Å². The van der Waals surface area contributed by atoms with Crippen LogP contribution in [0.25, 0.3) is 10.9 Å². The van der Waals surface area contributed by atoms with Crippen LogP contribution in [0.2, 0.25) is 0 Å². The van der Waals surface area contributed by atoms with E-state index in [0.29, 0.717) is 5.56 Å². The maximum atomic E-state index is 13.0. The Morgan fingerprint density at radius 3 is 2.19 bits per heavy atom. The number of nitrogens with two attached hydrogens (primary N) is 2. The van der Waals surface area contributed by atoms with Crippen LogP contribution in [-0.2, 0) is 30.4 Å². The molecule has 0 spiro atoms. The number of carbonyl (C=O) groups is 5. The molecule has 196 valence electrons. The van der Waals surface area contributed by atoms with E-state index in [1.54, 1.807) is 12.3 Å². The zero-order chi connectivity index (χ0) is 26.8. The fraction of sp³-hybridized carbons (Fsp3) is 0.409. The lowest BCUT2D eigenvalue weighted by Crippen LogP contribution is -2.58. The summed E-state index contributed by atoms with van der Waals surface area (Å²) in [5.41, 5.74) is 12.1. The number of fused-ring (bicyclic) bond motifs is 1. The fourth-order valence-electron chi connectivity index (χ4n) is 3.38. The van der Waals surface area contributed by atoms with Gasteiger partial charge in [0, 0.05) is 35.7 Å². The maximum Gasteiger partial charge on any atom is 0.326 e. The lowest BCUT2D eigenvalue weighted by atomic mass is 10.0. The molecule has 1 aromatic carbocycles. The highest BCUT2D eigenvalue weighted by molar-refractivity contribution is 7.80. The molecule has 4 unspecified atom stereocenters. The summed E-state index contributed by atoms with van der Waals surface area (Å²) in [7, 11) is 0. The smallest absolute Gasteiger partial charge is 0.326 e. The molecule has 1 aromatic heterocycles. The van der Waals surface area contributed by atoms with E-state index < -0.39 is 60.4 Å². The molecule has 0 saturated heterocycles. The van der Waals surface area contributed by atoms with E-state index in [1.165, 1.54) is 0 Å². The van der Waals surface area contributed by atoms with Gasteiger partial charge in [-0.05, 0) is 18.1 Å². The molecule has 0 aliphatic rings. The van der Waals surface area contributed by atoms with Crippen LogP contribution in [0.15, 0.2) is 30.5 Å². The highest BCUT2D eigenvalue weighted by Crippen LogP contribution is 2.19. The Kier molecular flexibility index (Phi) is 10.7. The summed E-state index contributed by atoms with van der Waals surface area (Å²) in [5, 5.41) is 26.6. The van der Waals surface area contributed by atoms with E-state index >= 15 is 0 Å². The van der Waals surface area contributed by atoms with E-state index in [0.717, 1.165) is 10.9 Å². The van der Waals surface area contributed by atoms with Crippen LogP contribution < -0.4 is 27.4 Å². The number of aliphatic hydroxyl groups excluding tert-OH is 1. The lowest BCUT2D eigenvalue weighted by molar-refractivity contribution is -0.142. The lowest BCUT2D eigenvalue weighted by Gasteiger charge is -2.24. The van der Waals surface area contributed by atoms with Crippen molar-refractivity contribution in [2.45, 2.75) is 43.4 Å². The molecule has 0 aliphatic heterocycles. The maximum absolute atomic E-state index is 13.0. The largest absolute Gasteiger partial charge is 0.480 e. The Morgan fingerprint density at radius 1 is 0.972 bits per heavy atom. The van der Waals surface area contributed by atoms with Crippen molar-refractivity contribution in [2.24, 2.45) is 11.5 Å². The van der Waals surface area contributed by atoms with Crippen molar-refractivity contribution >= 4 is 53.1 Å². The van der Waals surface area contributed by atoms with Gasteiger partial charge in [0.1, 0.15) is 24.2 Å². The van der Waals surface area contributed by atoms with Gasteiger partial charge in [0.2, 0.25) is 23.6 Å². The minimum Gasteiger partial charge on any atom is -0.480 e. The highest BCUT2D eigenvalue weighted by atomic mass is 32.1. The van der Waals surface area contributed by atoms with Crippen LogP contribution in [0.4, 0.5) is 0 Å². The minimum atomic E-state index is -1.34. The number of carbonyl (C=O) groups excluding carboxylic acids is 4. The van der Waals surface area contributed by atoms with Gasteiger partial charge in [-0.15, -0.1) is 0 Å². The van der Waals surface area contributed by atoms with Gasteiger partial charge in [0.05, 0.1) is 6.61 Å². The number of thiol groups is 1. The number of para-hydroxylation sites is 1. The molecule has 36 heavy (non-hydrogen) atoms. The van der Waals surface area contributed by atoms with Gasteiger partial charge in [-0.25, -0.2) is 4.79 Å². The number of primary amides is 1. The molecule has 13 nitrogen and oxygen atoms in total. The number of H-pyrrole nitrogens is 1. The molecule has 4 atom stereocenters. The van der Waals surface area contributed by atoms with Gasteiger partial charge >= 0.3 is 5.97 Å². The SMILES string of the molecule is NC(=O)CCC(NC(=O)C(CS)NC(=O)C(N)CO)C(=O)NC(Cc1c[nH]c2ccccc12)C(=O)O. The first-order valence-corrected chi connectivity index (χ1v) is 11.6. The third kappa shape index (κ3) is 7.96. The van der Waals surface area contributed by atoms with E-state index in [1.807, 2.05) is 18.2 Å². The summed E-state index contributed by atoms with van der Waals surface area (Å²) in [6, 6.07) is 2.10. The van der Waals surface area contributed by atoms with Gasteiger partial charge in [-0.2, -0.15) is 12.6 Å². The number of rotatable bonds is 14. The summed E-state index contributed by atoms with van der Waals surface area (Å²) in [6.07, 6.45) is 1.12. The van der Waals surface area contributed by atoms with Crippen LogP contribution in [0.3, 0.4) is 0 Å². The van der Waals surface area contributed by atoms with Crippen LogP contribution in [-0.4, -0.2) is 81.3 Å². The second kappa shape index (κ2) is 13.5. The van der Waals surface area contributed by atoms with Crippen LogP contribution in [0.5, 0.6) is 0 Å². The van der Waals surface area contributed by atoms with Gasteiger partial charge in [0.15, 0.2) is 0 Å². The summed E-state index contributed by atoms with van der Waals surface area (Å²) in [6.45, 7) is -0.649. The average molecular weight is 523 g/mol. The van der Waals surface area contributed by atoms with E-state index in [2.05, 4.69) is 33.6 Å². The Bertz CT molecular complexity index is 1110. The van der Waals surface area contributed by atoms with Crippen molar-refractivity contribution in [3.05, 3.63) is 36.0 Å². The van der Waals surface area contributed by atoms with Gasteiger partial charge in [0.25, 0.3) is 0 Å². The average Bonchev–Trinajstić information content (AvgIpc) is 3.26. The highest BCUT2D eigenvalue weighted by Gasteiger charge is 2.30. The molecule has 10 N–H and O–H groups in total. The Balaban J connectivity index is 2.15. The number of carboxylic acids is 1. The quantitative estimate of drug-likeness (QED) is 0.123. The molecule has 0 radical (unpaired) electrons. The summed E-state index contributed by atoms with van der Waals surface area (Å²) in [4.78, 5) is 63.8. The van der Waals surface area contributed by atoms with Crippen molar-refractivity contribution in [2.75, 3.05) is 12.4 Å². The number of aliphatic carboxylic acids is 1. The molecule has 0 fully saturated rings. The van der Waals surface area contributed by atoms with Crippen molar-refractivity contribution in [3.63, 3.8) is 0 Å². The predicted molar refractivity (Wildman–Crippen MR) is 133 cm³/mol. The number of aliphatic hydroxyl groups is 1. The third-order valence-electron chi connectivity index (χ3n) is 5.37. The number of aromatic amines is 1. The monoisotopic (exact) mass is 522 g/mol. The molecular weight excluding hydrogens is 492 g/mol. The van der Waals surface area contributed by atoms with Gasteiger partial charge < -0.3 is 42.6 Å². The summed E-state index contributed by atoms with van der Waals surface area (Å²) in [5.74, 6) is -4.69. The number of hydrogen-bond acceptors (Lipinski definition) is 8. The molecule has 2 rings (SSSR count). The standard InChI is InChI=1S/C22H30N6O7S/c23-13(9-29)19(31)28-17(10-36)21(33)26-15(5-6-18(24)30)20(32)27-16(22(34)35)7-11-8-25-14-4-2-1-3-12(11)14/h1-4,8,13,15-17,25,29,36H,5-7,9-10,23H2,(H2,24,30)(H,26,33)(H,27,32)(H,28,31)(H,34,35). The number of aromatic nitrogens is 1. The Morgan fingerprint density at radius 2 is 1.58 bits per heavy atom. The topological polar surface area (TPSA) is 230 Å². The molecule has 0 saturated carbocycles. The second-order valence-corrected chi connectivity index (χ2v) is 8.43. The number of nitrogens with one attached hydrogen (secondary N) is 4. The molecule has 4 amide bonds. The van der Waals surface area contributed by atoms with Crippen molar-refractivity contribution in [1.29, 1.82) is 0 Å². The number of benzene rings is 1. The first kappa shape index (κ1) is 28.6. The number of carboxylic acid groups (broad SMARTS) is 1. The van der Waals surface area contributed by atoms with Crippen molar-refractivity contribution in [1.82, 2.24) is 20.9 Å². The number of hydrogen-bond donors (Lipinski definition) is 9. The molecule has 0 bridgehead atoms. The first-order valence-electron chi connectivity index (χ1n) is 11.0. The van der Waals surface area contributed by atoms with Gasteiger partial charge in [-0.1, -0.05) is 18.2 Å². The molecule has 1 heterocycles. The predicted octanol–water partition coefficient (Wildman–Crippen LogP) is -2.24. The van der Waals surface area contributed by atoms with Crippen molar-refractivity contribution < 1.29 is 34.2 Å². The molecule has 2 aromatic rings. The number of amides is 4. The zero-order valence-electron chi connectivity index (χ0n) is 19.3. The summed E-state index contributed by atoms with van der Waals surface area (Å²) >= 11 is 4.01. The van der Waals surface area contributed by atoms with Gasteiger partial charge in [-0.3, -0.25) is 19.2 Å². The Hall–Kier alpha value is -3.62. The zero-order valence-corrected chi connectivity index (χ0v) is 20.2. The molecule has 0 aliphatic carbocycles. The fourth-order valence-corrected chi connectivity index (χ4v) is 3.63. The van der Waals surface area contributed by atoms with E-state index in [9.17, 15) is 29.1 Å². The molecular formula is C22H30N6O7S.